The highest BCUT2D eigenvalue weighted by molar-refractivity contribution is 9.10. The van der Waals surface area contributed by atoms with Crippen molar-refractivity contribution in [3.05, 3.63) is 111 Å². The van der Waals surface area contributed by atoms with Crippen LogP contribution in [-0.2, 0) is 5.60 Å². The van der Waals surface area contributed by atoms with Crippen molar-refractivity contribution >= 4 is 48.2 Å². The van der Waals surface area contributed by atoms with Gasteiger partial charge in [-0.15, -0.1) is 0 Å². The normalized spacial score (nSPS) is 14.5. The summed E-state index contributed by atoms with van der Waals surface area (Å²) >= 11 is 7.13. The van der Waals surface area contributed by atoms with Gasteiger partial charge in [0.15, 0.2) is 5.60 Å². The fourth-order valence-electron chi connectivity index (χ4n) is 4.31. The highest BCUT2D eigenvalue weighted by Crippen LogP contribution is 2.49. The molecule has 4 aromatic carbocycles. The van der Waals surface area contributed by atoms with Crippen molar-refractivity contribution < 1.29 is 9.47 Å². The molecule has 0 saturated heterocycles. The largest absolute Gasteiger partial charge is 0.496 e. The number of hydrogen-bond acceptors (Lipinski definition) is 2. The van der Waals surface area contributed by atoms with E-state index < -0.39 is 5.60 Å². The monoisotopic (exact) mass is 534 g/mol. The van der Waals surface area contributed by atoms with Crippen LogP contribution in [0.4, 0.5) is 0 Å². The summed E-state index contributed by atoms with van der Waals surface area (Å²) in [7, 11) is 1.71. The van der Waals surface area contributed by atoms with Gasteiger partial charge in [-0.2, -0.15) is 0 Å². The van der Waals surface area contributed by atoms with Crippen molar-refractivity contribution in [3.8, 4) is 11.5 Å². The molecule has 31 heavy (non-hydrogen) atoms. The van der Waals surface area contributed by atoms with E-state index in [9.17, 15) is 0 Å². The minimum atomic E-state index is -0.740. The molecule has 4 heteroatoms. The molecule has 0 aromatic heterocycles. The minimum absolute atomic E-state index is 0.740. The molecule has 4 aromatic rings. The summed E-state index contributed by atoms with van der Waals surface area (Å²) in [5.74, 6) is 1.73. The lowest BCUT2D eigenvalue weighted by atomic mass is 9.81. The number of halogens is 2. The van der Waals surface area contributed by atoms with E-state index in [2.05, 4.69) is 112 Å². The average Bonchev–Trinajstić information content (AvgIpc) is 2.79. The Morgan fingerprint density at radius 1 is 0.774 bits per heavy atom. The number of allylic oxidation sites excluding steroid dienone is 1. The van der Waals surface area contributed by atoms with Gasteiger partial charge in [0, 0.05) is 36.4 Å². The summed E-state index contributed by atoms with van der Waals surface area (Å²) < 4.78 is 14.8. The molecule has 154 valence electrons. The molecular weight excluding hydrogens is 516 g/mol. The molecule has 0 saturated carbocycles. The second-order valence-corrected chi connectivity index (χ2v) is 9.51. The van der Waals surface area contributed by atoms with E-state index in [-0.39, 0.29) is 0 Å². The van der Waals surface area contributed by atoms with E-state index in [1.54, 1.807) is 7.11 Å². The molecule has 0 atom stereocenters. The quantitative estimate of drug-likeness (QED) is 0.264. The van der Waals surface area contributed by atoms with Crippen molar-refractivity contribution in [2.24, 2.45) is 0 Å². The van der Waals surface area contributed by atoms with Gasteiger partial charge in [0.05, 0.1) is 7.11 Å². The van der Waals surface area contributed by atoms with Crippen molar-refractivity contribution in [2.45, 2.75) is 12.5 Å². The lowest BCUT2D eigenvalue weighted by Crippen LogP contribution is -2.35. The highest BCUT2D eigenvalue weighted by atomic mass is 79.9. The Morgan fingerprint density at radius 3 is 1.87 bits per heavy atom. The molecule has 5 rings (SSSR count). The summed E-state index contributed by atoms with van der Waals surface area (Å²) in [6.45, 7) is 2.14. The molecule has 0 spiro atoms. The zero-order valence-electron chi connectivity index (χ0n) is 17.2. The maximum absolute atomic E-state index is 6.99. The van der Waals surface area contributed by atoms with Crippen LogP contribution in [0.5, 0.6) is 11.5 Å². The zero-order valence-corrected chi connectivity index (χ0v) is 20.3. The van der Waals surface area contributed by atoms with E-state index in [1.165, 1.54) is 0 Å². The van der Waals surface area contributed by atoms with Gasteiger partial charge in [0.2, 0.25) is 0 Å². The van der Waals surface area contributed by atoms with Crippen LogP contribution in [0.1, 0.15) is 23.6 Å². The van der Waals surface area contributed by atoms with Crippen LogP contribution >= 0.6 is 31.9 Å². The zero-order chi connectivity index (χ0) is 21.6. The molecule has 1 aliphatic heterocycles. The van der Waals surface area contributed by atoms with Crippen LogP contribution in [0, 0.1) is 0 Å². The number of rotatable bonds is 3. The molecule has 0 amide bonds. The van der Waals surface area contributed by atoms with Gasteiger partial charge in [-0.25, -0.2) is 0 Å². The van der Waals surface area contributed by atoms with Gasteiger partial charge >= 0.3 is 0 Å². The Balaban J connectivity index is 1.82. The summed E-state index contributed by atoms with van der Waals surface area (Å²) in [5.41, 5.74) is 3.61. The van der Waals surface area contributed by atoms with Gasteiger partial charge in [-0.05, 0) is 48.9 Å². The van der Waals surface area contributed by atoms with Crippen molar-refractivity contribution in [1.29, 1.82) is 0 Å². The van der Waals surface area contributed by atoms with Crippen LogP contribution < -0.4 is 9.47 Å². The van der Waals surface area contributed by atoms with Crippen LogP contribution in [-0.4, -0.2) is 7.11 Å². The van der Waals surface area contributed by atoms with E-state index in [0.717, 1.165) is 53.5 Å². The van der Waals surface area contributed by atoms with Gasteiger partial charge < -0.3 is 9.47 Å². The Hall–Kier alpha value is -2.56. The topological polar surface area (TPSA) is 18.5 Å². The SMILES string of the molecule is COc1cc2c(c3ccccc13)OC(c1ccc(Br)cc1)(c1ccc(Br)cc1)C=C2C. The Kier molecular flexibility index (Phi) is 5.15. The van der Waals surface area contributed by atoms with Crippen LogP contribution in [0.25, 0.3) is 16.3 Å². The van der Waals surface area contributed by atoms with Crippen LogP contribution in [0.2, 0.25) is 0 Å². The summed E-state index contributed by atoms with van der Waals surface area (Å²) in [5, 5.41) is 2.09. The number of fused-ring (bicyclic) bond motifs is 3. The smallest absolute Gasteiger partial charge is 0.178 e. The first kappa shape index (κ1) is 20.3. The maximum atomic E-state index is 6.99. The number of ether oxygens (including phenoxy) is 2. The van der Waals surface area contributed by atoms with Gasteiger partial charge in [-0.1, -0.05) is 80.4 Å². The Labute approximate surface area is 198 Å². The Bertz CT molecular complexity index is 1260. The van der Waals surface area contributed by atoms with Crippen molar-refractivity contribution in [2.75, 3.05) is 7.11 Å². The first-order valence-electron chi connectivity index (χ1n) is 10.0. The third kappa shape index (κ3) is 3.38. The predicted octanol–water partition coefficient (Wildman–Crippen LogP) is 8.11. The third-order valence-electron chi connectivity index (χ3n) is 5.83. The second kappa shape index (κ2) is 7.85. The van der Waals surface area contributed by atoms with Gasteiger partial charge in [0.1, 0.15) is 11.5 Å². The number of hydrogen-bond donors (Lipinski definition) is 0. The fraction of sp³-hybridized carbons (Fsp3) is 0.111. The molecule has 0 N–H and O–H groups in total. The lowest BCUT2D eigenvalue weighted by Gasteiger charge is -2.38. The highest BCUT2D eigenvalue weighted by Gasteiger charge is 2.39. The summed E-state index contributed by atoms with van der Waals surface area (Å²) in [4.78, 5) is 0. The van der Waals surface area contributed by atoms with Gasteiger partial charge in [0.25, 0.3) is 0 Å². The Morgan fingerprint density at radius 2 is 1.32 bits per heavy atom. The molecule has 2 nitrogen and oxygen atoms in total. The van der Waals surface area contributed by atoms with E-state index in [0.29, 0.717) is 0 Å². The summed E-state index contributed by atoms with van der Waals surface area (Å²) in [6.07, 6.45) is 2.22. The maximum Gasteiger partial charge on any atom is 0.178 e. The molecule has 0 unspecified atom stereocenters. The molecular formula is C27H20Br2O2. The van der Waals surface area contributed by atoms with E-state index in [4.69, 9.17) is 9.47 Å². The standard InChI is InChI=1S/C27H20Br2O2/c1-17-16-27(18-7-11-20(28)12-8-18,19-9-13-21(29)14-10-19)31-26-23-6-4-3-5-22(23)25(30-2)15-24(17)26/h3-16H,1-2H3. The molecule has 0 radical (unpaired) electrons. The predicted molar refractivity (Wildman–Crippen MR) is 134 cm³/mol. The van der Waals surface area contributed by atoms with Crippen LogP contribution in [0.15, 0.2) is 93.9 Å². The number of methoxy groups -OCH3 is 1. The van der Waals surface area contributed by atoms with Crippen LogP contribution in [0.3, 0.4) is 0 Å². The second-order valence-electron chi connectivity index (χ2n) is 7.68. The first-order chi connectivity index (χ1) is 15.0. The van der Waals surface area contributed by atoms with E-state index >= 15 is 0 Å². The molecule has 0 fully saturated rings. The number of benzene rings is 4. The average molecular weight is 536 g/mol. The third-order valence-corrected chi connectivity index (χ3v) is 6.89. The molecule has 0 aliphatic carbocycles. The van der Waals surface area contributed by atoms with Gasteiger partial charge in [-0.3, -0.25) is 0 Å². The van der Waals surface area contributed by atoms with Crippen molar-refractivity contribution in [1.82, 2.24) is 0 Å². The summed E-state index contributed by atoms with van der Waals surface area (Å²) in [6, 6.07) is 27.0. The van der Waals surface area contributed by atoms with E-state index in [1.807, 2.05) is 12.1 Å². The molecule has 0 bridgehead atoms. The lowest BCUT2D eigenvalue weighted by molar-refractivity contribution is 0.162. The fourth-order valence-corrected chi connectivity index (χ4v) is 4.84. The molecule has 1 aliphatic rings. The van der Waals surface area contributed by atoms with Crippen molar-refractivity contribution in [3.63, 3.8) is 0 Å². The first-order valence-corrected chi connectivity index (χ1v) is 11.6. The minimum Gasteiger partial charge on any atom is -0.496 e. The molecule has 1 heterocycles.